The summed E-state index contributed by atoms with van der Waals surface area (Å²) in [4.78, 5) is 12.4. The summed E-state index contributed by atoms with van der Waals surface area (Å²) in [5.41, 5.74) is 2.17. The number of ether oxygens (including phenoxy) is 2. The smallest absolute Gasteiger partial charge is 0.258 e. The molecule has 4 rings (SSSR count). The highest BCUT2D eigenvalue weighted by Gasteiger charge is 2.36. The Labute approximate surface area is 157 Å². The molecule has 0 saturated heterocycles. The number of amides is 1. The van der Waals surface area contributed by atoms with Crippen molar-refractivity contribution in [3.05, 3.63) is 59.4 Å². The third-order valence-corrected chi connectivity index (χ3v) is 5.19. The second-order valence-corrected chi connectivity index (χ2v) is 7.14. The van der Waals surface area contributed by atoms with Gasteiger partial charge in [0, 0.05) is 6.42 Å². The first kappa shape index (κ1) is 17.8. The summed E-state index contributed by atoms with van der Waals surface area (Å²) < 4.78 is 23.9. The van der Waals surface area contributed by atoms with Crippen molar-refractivity contribution in [3.63, 3.8) is 0 Å². The minimum absolute atomic E-state index is 0.147. The highest BCUT2D eigenvalue weighted by atomic mass is 19.1. The van der Waals surface area contributed by atoms with E-state index in [0.29, 0.717) is 25.2 Å². The lowest BCUT2D eigenvalue weighted by Crippen LogP contribution is -2.42. The Kier molecular flexibility index (Phi) is 4.99. The summed E-state index contributed by atoms with van der Waals surface area (Å²) in [5, 5.41) is 12.7. The molecule has 1 heterocycles. The fourth-order valence-electron chi connectivity index (χ4n) is 3.67. The van der Waals surface area contributed by atoms with Gasteiger partial charge in [0.25, 0.3) is 5.91 Å². The topological polar surface area (TPSA) is 67.8 Å². The summed E-state index contributed by atoms with van der Waals surface area (Å²) in [6, 6.07) is 11.4. The zero-order valence-corrected chi connectivity index (χ0v) is 14.9. The molecule has 2 aromatic carbocycles. The second-order valence-electron chi connectivity index (χ2n) is 7.14. The summed E-state index contributed by atoms with van der Waals surface area (Å²) in [6.07, 6.45) is 1.89. The number of benzene rings is 2. The van der Waals surface area contributed by atoms with Crippen LogP contribution in [0, 0.1) is 11.7 Å². The zero-order valence-electron chi connectivity index (χ0n) is 14.9. The first-order valence-electron chi connectivity index (χ1n) is 9.20. The van der Waals surface area contributed by atoms with Gasteiger partial charge in [-0.15, -0.1) is 0 Å². The van der Waals surface area contributed by atoms with Gasteiger partial charge in [-0.2, -0.15) is 0 Å². The molecule has 2 aromatic rings. The monoisotopic (exact) mass is 371 g/mol. The van der Waals surface area contributed by atoms with Gasteiger partial charge in [-0.1, -0.05) is 6.07 Å². The van der Waals surface area contributed by atoms with Crippen LogP contribution in [0.2, 0.25) is 0 Å². The minimum atomic E-state index is -0.351. The van der Waals surface area contributed by atoms with Gasteiger partial charge < -0.3 is 19.9 Å². The number of aliphatic hydroxyl groups is 1. The van der Waals surface area contributed by atoms with Crippen molar-refractivity contribution >= 4 is 5.91 Å². The summed E-state index contributed by atoms with van der Waals surface area (Å²) in [5.74, 6) is 0.933. The van der Waals surface area contributed by atoms with Crippen LogP contribution in [0.3, 0.4) is 0 Å². The molecule has 1 saturated carbocycles. The third kappa shape index (κ3) is 4.06. The molecule has 1 unspecified atom stereocenters. The van der Waals surface area contributed by atoms with E-state index in [4.69, 9.17) is 9.47 Å². The molecule has 1 fully saturated rings. The number of hydrogen-bond donors (Lipinski definition) is 2. The predicted molar refractivity (Wildman–Crippen MR) is 97.2 cm³/mol. The number of nitrogens with one attached hydrogen (secondary N) is 1. The molecule has 0 spiro atoms. The normalized spacial score (nSPS) is 21.6. The van der Waals surface area contributed by atoms with E-state index < -0.39 is 0 Å². The maximum Gasteiger partial charge on any atom is 0.258 e. The van der Waals surface area contributed by atoms with E-state index >= 15 is 0 Å². The van der Waals surface area contributed by atoms with E-state index in [1.807, 2.05) is 12.1 Å². The number of aliphatic hydroxyl groups excluding tert-OH is 1. The molecule has 0 aromatic heterocycles. The summed E-state index contributed by atoms with van der Waals surface area (Å²) in [7, 11) is 0. The summed E-state index contributed by atoms with van der Waals surface area (Å²) in [6.45, 7) is 0.537. The molecule has 0 radical (unpaired) electrons. The van der Waals surface area contributed by atoms with Gasteiger partial charge in [-0.3, -0.25) is 4.79 Å². The molecule has 1 aliphatic heterocycles. The van der Waals surface area contributed by atoms with E-state index in [-0.39, 0.29) is 36.4 Å². The molecule has 0 bridgehead atoms. The van der Waals surface area contributed by atoms with Crippen molar-refractivity contribution in [2.45, 2.75) is 31.4 Å². The standard InChI is InChI=1S/C21H22FNO4/c22-16-2-4-18(5-3-16)27-12-20(25)23-21(15-10-17(24)11-15)14-1-6-19-13(9-14)7-8-26-19/h1-6,9,15,17,21,24H,7-8,10-12H2,(H,23,25). The lowest BCUT2D eigenvalue weighted by atomic mass is 9.75. The zero-order chi connectivity index (χ0) is 18.8. The van der Waals surface area contributed by atoms with Crippen LogP contribution in [-0.4, -0.2) is 30.3 Å². The lowest BCUT2D eigenvalue weighted by Gasteiger charge is -2.38. The van der Waals surface area contributed by atoms with Crippen LogP contribution >= 0.6 is 0 Å². The number of hydrogen-bond acceptors (Lipinski definition) is 4. The van der Waals surface area contributed by atoms with Crippen molar-refractivity contribution < 1.29 is 23.8 Å². The van der Waals surface area contributed by atoms with Gasteiger partial charge in [-0.05, 0) is 66.3 Å². The van der Waals surface area contributed by atoms with Crippen molar-refractivity contribution in [2.75, 3.05) is 13.2 Å². The average Bonchev–Trinajstić information content (AvgIpc) is 3.11. The maximum absolute atomic E-state index is 12.9. The van der Waals surface area contributed by atoms with Crippen LogP contribution in [0.15, 0.2) is 42.5 Å². The quantitative estimate of drug-likeness (QED) is 0.819. The summed E-state index contributed by atoms with van der Waals surface area (Å²) >= 11 is 0. The number of carbonyl (C=O) groups is 1. The Hall–Kier alpha value is -2.60. The van der Waals surface area contributed by atoms with Crippen LogP contribution in [0.1, 0.15) is 30.0 Å². The van der Waals surface area contributed by atoms with Gasteiger partial charge in [0.2, 0.25) is 0 Å². The van der Waals surface area contributed by atoms with Crippen molar-refractivity contribution in [1.82, 2.24) is 5.32 Å². The molecule has 1 atom stereocenters. The van der Waals surface area contributed by atoms with E-state index in [1.54, 1.807) is 0 Å². The average molecular weight is 371 g/mol. The molecule has 5 nitrogen and oxygen atoms in total. The van der Waals surface area contributed by atoms with Crippen LogP contribution < -0.4 is 14.8 Å². The Morgan fingerprint density at radius 1 is 1.26 bits per heavy atom. The largest absolute Gasteiger partial charge is 0.493 e. The van der Waals surface area contributed by atoms with Crippen molar-refractivity contribution in [2.24, 2.45) is 5.92 Å². The van der Waals surface area contributed by atoms with Crippen LogP contribution in [0.25, 0.3) is 0 Å². The fourth-order valence-corrected chi connectivity index (χ4v) is 3.67. The predicted octanol–water partition coefficient (Wildman–Crippen LogP) is 2.77. The van der Waals surface area contributed by atoms with Gasteiger partial charge in [0.1, 0.15) is 17.3 Å². The van der Waals surface area contributed by atoms with Gasteiger partial charge >= 0.3 is 0 Å². The highest BCUT2D eigenvalue weighted by Crippen LogP contribution is 2.39. The molecule has 1 aliphatic carbocycles. The third-order valence-electron chi connectivity index (χ3n) is 5.19. The minimum Gasteiger partial charge on any atom is -0.493 e. The molecular weight excluding hydrogens is 349 g/mol. The Balaban J connectivity index is 1.43. The second kappa shape index (κ2) is 7.56. The Morgan fingerprint density at radius 3 is 2.78 bits per heavy atom. The Morgan fingerprint density at radius 2 is 2.04 bits per heavy atom. The number of halogens is 1. The van der Waals surface area contributed by atoms with Crippen molar-refractivity contribution in [3.8, 4) is 11.5 Å². The molecule has 2 aliphatic rings. The SMILES string of the molecule is O=C(COc1ccc(F)cc1)NC(c1ccc2c(c1)CCO2)C1CC(O)C1. The molecular formula is C21H22FNO4. The fraction of sp³-hybridized carbons (Fsp3) is 0.381. The highest BCUT2D eigenvalue weighted by molar-refractivity contribution is 5.78. The van der Waals surface area contributed by atoms with Crippen LogP contribution in [-0.2, 0) is 11.2 Å². The number of fused-ring (bicyclic) bond motifs is 1. The molecule has 6 heteroatoms. The molecule has 27 heavy (non-hydrogen) atoms. The number of rotatable bonds is 6. The Bertz CT molecular complexity index is 817. The van der Waals surface area contributed by atoms with E-state index in [1.165, 1.54) is 24.3 Å². The van der Waals surface area contributed by atoms with Gasteiger partial charge in [-0.25, -0.2) is 4.39 Å². The van der Waals surface area contributed by atoms with Crippen molar-refractivity contribution in [1.29, 1.82) is 0 Å². The molecule has 2 N–H and O–H groups in total. The van der Waals surface area contributed by atoms with E-state index in [0.717, 1.165) is 23.3 Å². The lowest BCUT2D eigenvalue weighted by molar-refractivity contribution is -0.125. The van der Waals surface area contributed by atoms with E-state index in [2.05, 4.69) is 11.4 Å². The first-order valence-corrected chi connectivity index (χ1v) is 9.20. The van der Waals surface area contributed by atoms with Gasteiger partial charge in [0.15, 0.2) is 6.61 Å². The van der Waals surface area contributed by atoms with Gasteiger partial charge in [0.05, 0.1) is 18.8 Å². The molecule has 1 amide bonds. The first-order chi connectivity index (χ1) is 13.1. The van der Waals surface area contributed by atoms with Crippen LogP contribution in [0.4, 0.5) is 4.39 Å². The maximum atomic E-state index is 12.9. The number of carbonyl (C=O) groups excluding carboxylic acids is 1. The van der Waals surface area contributed by atoms with Crippen LogP contribution in [0.5, 0.6) is 11.5 Å². The molecule has 142 valence electrons. The van der Waals surface area contributed by atoms with E-state index in [9.17, 15) is 14.3 Å².